The fraction of sp³-hybridized carbons (Fsp3) is 0.500. The Morgan fingerprint density at radius 3 is 2.59 bits per heavy atom. The summed E-state index contributed by atoms with van der Waals surface area (Å²) < 4.78 is 0. The number of hydrogen-bond acceptors (Lipinski definition) is 3. The summed E-state index contributed by atoms with van der Waals surface area (Å²) in [6, 6.07) is 9.85. The minimum Gasteiger partial charge on any atom is -0.391 e. The van der Waals surface area contributed by atoms with Gasteiger partial charge in [-0.1, -0.05) is 48.8 Å². The monoisotopic (exact) mass is 235 g/mol. The lowest BCUT2D eigenvalue weighted by molar-refractivity contribution is 0.0955. The highest BCUT2D eigenvalue weighted by molar-refractivity contribution is 5.89. The van der Waals surface area contributed by atoms with E-state index in [1.54, 1.807) is 13.8 Å². The Morgan fingerprint density at radius 1 is 1.35 bits per heavy atom. The van der Waals surface area contributed by atoms with E-state index in [1.165, 1.54) is 0 Å². The molecule has 0 heterocycles. The fourth-order valence-corrected chi connectivity index (χ4v) is 1.54. The third kappa shape index (κ3) is 4.57. The van der Waals surface area contributed by atoms with E-state index >= 15 is 0 Å². The zero-order valence-electron chi connectivity index (χ0n) is 10.8. The van der Waals surface area contributed by atoms with Crippen molar-refractivity contribution in [1.82, 2.24) is 0 Å². The highest BCUT2D eigenvalue weighted by Gasteiger charge is 2.23. The molecule has 1 rings (SSSR count). The Bertz CT molecular complexity index is 358. The number of nitrogens with zero attached hydrogens (tertiary/aromatic N) is 1. The van der Waals surface area contributed by atoms with Crippen molar-refractivity contribution in [3.05, 3.63) is 35.9 Å². The average Bonchev–Trinajstić information content (AvgIpc) is 2.30. The van der Waals surface area contributed by atoms with Crippen molar-refractivity contribution in [3.63, 3.8) is 0 Å². The molecule has 0 spiro atoms. The Balaban J connectivity index is 2.48. The van der Waals surface area contributed by atoms with Crippen LogP contribution in [0.4, 0.5) is 0 Å². The minimum atomic E-state index is -0.870. The van der Waals surface area contributed by atoms with Crippen molar-refractivity contribution in [2.75, 3.05) is 0 Å². The van der Waals surface area contributed by atoms with E-state index in [0.717, 1.165) is 12.0 Å². The summed E-state index contributed by atoms with van der Waals surface area (Å²) in [7, 11) is 0. The summed E-state index contributed by atoms with van der Waals surface area (Å²) in [5.74, 6) is 0. The highest BCUT2D eigenvalue weighted by Crippen LogP contribution is 2.14. The van der Waals surface area contributed by atoms with Crippen LogP contribution in [-0.2, 0) is 11.4 Å². The first-order valence-electron chi connectivity index (χ1n) is 5.99. The number of hydrogen-bond donors (Lipinski definition) is 1. The van der Waals surface area contributed by atoms with Crippen molar-refractivity contribution < 1.29 is 9.94 Å². The van der Waals surface area contributed by atoms with Crippen LogP contribution in [0.2, 0.25) is 0 Å². The third-order valence-electron chi connectivity index (χ3n) is 2.79. The van der Waals surface area contributed by atoms with Gasteiger partial charge < -0.3 is 9.94 Å². The lowest BCUT2D eigenvalue weighted by Crippen LogP contribution is -2.33. The van der Waals surface area contributed by atoms with Gasteiger partial charge in [-0.2, -0.15) is 0 Å². The molecular formula is C14H21NO2. The van der Waals surface area contributed by atoms with Crippen LogP contribution in [0, 0.1) is 0 Å². The zero-order chi connectivity index (χ0) is 12.7. The van der Waals surface area contributed by atoms with Gasteiger partial charge in [0.15, 0.2) is 0 Å². The second-order valence-corrected chi connectivity index (χ2v) is 4.46. The summed E-state index contributed by atoms with van der Waals surface area (Å²) in [6.45, 7) is 6.02. The Hall–Kier alpha value is -1.35. The molecule has 0 amide bonds. The molecule has 1 N–H and O–H groups in total. The van der Waals surface area contributed by atoms with Crippen molar-refractivity contribution in [2.24, 2.45) is 5.16 Å². The van der Waals surface area contributed by atoms with Crippen molar-refractivity contribution >= 4 is 5.71 Å². The van der Waals surface area contributed by atoms with E-state index in [4.69, 9.17) is 4.84 Å². The minimum absolute atomic E-state index is 0.431. The SMILES string of the molecule is CCCC(C)(O)/C(C)=N\OCc1ccccc1. The number of oxime groups is 1. The largest absolute Gasteiger partial charge is 0.391 e. The third-order valence-corrected chi connectivity index (χ3v) is 2.79. The van der Waals surface area contributed by atoms with E-state index in [1.807, 2.05) is 37.3 Å². The Morgan fingerprint density at radius 2 is 2.00 bits per heavy atom. The average molecular weight is 235 g/mol. The summed E-state index contributed by atoms with van der Waals surface area (Å²) in [5.41, 5.74) is 0.820. The van der Waals surface area contributed by atoms with E-state index < -0.39 is 5.60 Å². The van der Waals surface area contributed by atoms with Gasteiger partial charge in [0.05, 0.1) is 5.71 Å². The maximum Gasteiger partial charge on any atom is 0.142 e. The lowest BCUT2D eigenvalue weighted by atomic mass is 9.96. The van der Waals surface area contributed by atoms with Crippen LogP contribution in [0.25, 0.3) is 0 Å². The van der Waals surface area contributed by atoms with Gasteiger partial charge in [0.1, 0.15) is 12.2 Å². The smallest absolute Gasteiger partial charge is 0.142 e. The maximum absolute atomic E-state index is 10.1. The first kappa shape index (κ1) is 13.7. The Kier molecular flexibility index (Phi) is 5.16. The fourth-order valence-electron chi connectivity index (χ4n) is 1.54. The predicted octanol–water partition coefficient (Wildman–Crippen LogP) is 3.13. The van der Waals surface area contributed by atoms with Crippen LogP contribution in [-0.4, -0.2) is 16.4 Å². The molecular weight excluding hydrogens is 214 g/mol. The maximum atomic E-state index is 10.1. The predicted molar refractivity (Wildman–Crippen MR) is 69.9 cm³/mol. The molecule has 3 heteroatoms. The normalized spacial score (nSPS) is 15.4. The van der Waals surface area contributed by atoms with Gasteiger partial charge in [0.25, 0.3) is 0 Å². The standard InChI is InChI=1S/C14H21NO2/c1-4-10-14(3,16)12(2)15-17-11-13-8-6-5-7-9-13/h5-9,16H,4,10-11H2,1-3H3/b15-12-. The van der Waals surface area contributed by atoms with Crippen LogP contribution in [0.15, 0.2) is 35.5 Å². The van der Waals surface area contributed by atoms with E-state index in [2.05, 4.69) is 5.16 Å². The first-order chi connectivity index (χ1) is 8.06. The van der Waals surface area contributed by atoms with Gasteiger partial charge in [0.2, 0.25) is 0 Å². The molecule has 0 aliphatic carbocycles. The molecule has 0 aliphatic heterocycles. The van der Waals surface area contributed by atoms with E-state index in [9.17, 15) is 5.11 Å². The molecule has 0 saturated carbocycles. The number of aliphatic hydroxyl groups is 1. The highest BCUT2D eigenvalue weighted by atomic mass is 16.6. The molecule has 17 heavy (non-hydrogen) atoms. The molecule has 1 aromatic rings. The molecule has 0 aliphatic rings. The van der Waals surface area contributed by atoms with Crippen molar-refractivity contribution in [3.8, 4) is 0 Å². The lowest BCUT2D eigenvalue weighted by Gasteiger charge is -2.21. The number of benzene rings is 1. The molecule has 0 bridgehead atoms. The second-order valence-electron chi connectivity index (χ2n) is 4.46. The summed E-state index contributed by atoms with van der Waals surface area (Å²) in [6.07, 6.45) is 1.61. The van der Waals surface area contributed by atoms with Crippen LogP contribution in [0.5, 0.6) is 0 Å². The van der Waals surface area contributed by atoms with Gasteiger partial charge in [-0.15, -0.1) is 0 Å². The molecule has 1 atom stereocenters. The molecule has 1 aromatic carbocycles. The van der Waals surface area contributed by atoms with E-state index in [-0.39, 0.29) is 0 Å². The molecule has 3 nitrogen and oxygen atoms in total. The van der Waals surface area contributed by atoms with Gasteiger partial charge >= 0.3 is 0 Å². The zero-order valence-corrected chi connectivity index (χ0v) is 10.8. The van der Waals surface area contributed by atoms with Gasteiger partial charge in [0, 0.05) is 0 Å². The van der Waals surface area contributed by atoms with Crippen LogP contribution >= 0.6 is 0 Å². The molecule has 0 saturated heterocycles. The summed E-state index contributed by atoms with van der Waals surface area (Å²) in [5, 5.41) is 14.0. The van der Waals surface area contributed by atoms with Crippen LogP contribution < -0.4 is 0 Å². The van der Waals surface area contributed by atoms with Gasteiger partial charge in [-0.05, 0) is 25.8 Å². The quantitative estimate of drug-likeness (QED) is 0.608. The van der Waals surface area contributed by atoms with Crippen LogP contribution in [0.3, 0.4) is 0 Å². The summed E-state index contributed by atoms with van der Waals surface area (Å²) >= 11 is 0. The molecule has 0 radical (unpaired) electrons. The van der Waals surface area contributed by atoms with Gasteiger partial charge in [-0.25, -0.2) is 0 Å². The van der Waals surface area contributed by atoms with Crippen LogP contribution in [0.1, 0.15) is 39.2 Å². The molecule has 0 aromatic heterocycles. The molecule has 0 fully saturated rings. The number of rotatable bonds is 6. The first-order valence-corrected chi connectivity index (χ1v) is 5.99. The van der Waals surface area contributed by atoms with Gasteiger partial charge in [-0.3, -0.25) is 0 Å². The topological polar surface area (TPSA) is 41.8 Å². The summed E-state index contributed by atoms with van der Waals surface area (Å²) in [4.78, 5) is 5.24. The Labute approximate surface area is 103 Å². The van der Waals surface area contributed by atoms with E-state index in [0.29, 0.717) is 18.7 Å². The van der Waals surface area contributed by atoms with Crippen molar-refractivity contribution in [1.29, 1.82) is 0 Å². The molecule has 94 valence electrons. The van der Waals surface area contributed by atoms with Crippen molar-refractivity contribution in [2.45, 2.75) is 45.8 Å². The molecule has 1 unspecified atom stereocenters. The second kappa shape index (κ2) is 6.40.